The van der Waals surface area contributed by atoms with Gasteiger partial charge in [0.05, 0.1) is 16.6 Å². The number of nitrogens with zero attached hydrogens (tertiary/aromatic N) is 1. The number of hydrogen-bond donors (Lipinski definition) is 2. The molecule has 0 fully saturated rings. The Balaban J connectivity index is 0.00000280. The average molecular weight is 402 g/mol. The second-order valence-corrected chi connectivity index (χ2v) is 6.71. The van der Waals surface area contributed by atoms with E-state index in [2.05, 4.69) is 9.97 Å². The van der Waals surface area contributed by atoms with Gasteiger partial charge in [-0.1, -0.05) is 0 Å². The van der Waals surface area contributed by atoms with Crippen LogP contribution in [-0.2, 0) is 11.0 Å². The van der Waals surface area contributed by atoms with Gasteiger partial charge in [0, 0.05) is 5.56 Å². The van der Waals surface area contributed by atoms with Crippen LogP contribution in [0.2, 0.25) is 0 Å². The number of aromatic amines is 1. The van der Waals surface area contributed by atoms with Gasteiger partial charge in [0.25, 0.3) is 0 Å². The molecule has 5 nitrogen and oxygen atoms in total. The molecule has 0 saturated carbocycles. The molecule has 0 spiro atoms. The van der Waals surface area contributed by atoms with Crippen molar-refractivity contribution in [3.8, 4) is 17.1 Å². The predicted octanol–water partition coefficient (Wildman–Crippen LogP) is 4.15. The van der Waals surface area contributed by atoms with Crippen LogP contribution >= 0.6 is 0 Å². The van der Waals surface area contributed by atoms with Crippen molar-refractivity contribution >= 4 is 46.6 Å². The standard InChI is InChI=1S/C19H17F3N2O3.Na.H/c1-10-8-11(4-7-15(10)27-18(2,3)17(25)26)16-23-13-6-5-12(19(20,21)22)9-14(13)24-16;;/h4-9H,1-3H3,(H,23,24)(H,25,26);;. The number of rotatable bonds is 4. The fourth-order valence-electron chi connectivity index (χ4n) is 2.55. The molecule has 144 valence electrons. The summed E-state index contributed by atoms with van der Waals surface area (Å²) >= 11 is 0. The van der Waals surface area contributed by atoms with Crippen molar-refractivity contribution in [1.29, 1.82) is 0 Å². The Hall–Kier alpha value is -2.03. The number of benzene rings is 2. The molecule has 0 radical (unpaired) electrons. The van der Waals surface area contributed by atoms with Gasteiger partial charge in [0.1, 0.15) is 11.6 Å². The number of carbonyl (C=O) groups is 1. The number of aliphatic carboxylic acids is 1. The first kappa shape index (κ1) is 22.3. The first-order chi connectivity index (χ1) is 12.5. The van der Waals surface area contributed by atoms with E-state index in [0.29, 0.717) is 28.2 Å². The molecule has 0 saturated heterocycles. The van der Waals surface area contributed by atoms with E-state index in [-0.39, 0.29) is 35.1 Å². The van der Waals surface area contributed by atoms with E-state index >= 15 is 0 Å². The summed E-state index contributed by atoms with van der Waals surface area (Å²) in [5, 5.41) is 9.17. The molecule has 1 aromatic heterocycles. The maximum atomic E-state index is 12.8. The first-order valence-corrected chi connectivity index (χ1v) is 8.08. The Morgan fingerprint density at radius 2 is 1.82 bits per heavy atom. The van der Waals surface area contributed by atoms with E-state index in [1.807, 2.05) is 0 Å². The number of imidazole rings is 1. The summed E-state index contributed by atoms with van der Waals surface area (Å²) in [6.45, 7) is 4.64. The second kappa shape index (κ2) is 7.77. The van der Waals surface area contributed by atoms with Crippen molar-refractivity contribution < 1.29 is 27.8 Å². The van der Waals surface area contributed by atoms with E-state index in [0.717, 1.165) is 12.1 Å². The molecule has 0 aliphatic carbocycles. The van der Waals surface area contributed by atoms with Gasteiger partial charge in [0.2, 0.25) is 0 Å². The zero-order valence-corrected chi connectivity index (χ0v) is 14.8. The van der Waals surface area contributed by atoms with Crippen molar-refractivity contribution in [2.24, 2.45) is 0 Å². The number of alkyl halides is 3. The molecule has 3 rings (SSSR count). The minimum atomic E-state index is -4.42. The molecular weight excluding hydrogens is 384 g/mol. The molecule has 2 N–H and O–H groups in total. The number of aromatic nitrogens is 2. The number of halogens is 3. The second-order valence-electron chi connectivity index (χ2n) is 6.71. The van der Waals surface area contributed by atoms with E-state index in [9.17, 15) is 18.0 Å². The van der Waals surface area contributed by atoms with E-state index in [1.54, 1.807) is 25.1 Å². The number of H-pyrrole nitrogens is 1. The zero-order chi connectivity index (χ0) is 20.0. The number of carboxylic acid groups (broad SMARTS) is 1. The van der Waals surface area contributed by atoms with E-state index in [4.69, 9.17) is 9.84 Å². The van der Waals surface area contributed by atoms with Gasteiger partial charge < -0.3 is 14.8 Å². The third-order valence-corrected chi connectivity index (χ3v) is 4.14. The topological polar surface area (TPSA) is 75.2 Å². The summed E-state index contributed by atoms with van der Waals surface area (Å²) in [5.74, 6) is -0.276. The molecule has 0 amide bonds. The molecule has 0 atom stereocenters. The molecule has 1 heterocycles. The predicted molar refractivity (Wildman–Crippen MR) is 101 cm³/mol. The average Bonchev–Trinajstić information content (AvgIpc) is 2.98. The SMILES string of the molecule is Cc1cc(-c2nc3ccc(C(F)(F)F)cc3[nH]2)ccc1OC(C)(C)C(=O)O.[NaH]. The quantitative estimate of drug-likeness (QED) is 0.643. The molecule has 2 aromatic carbocycles. The molecule has 0 unspecified atom stereocenters. The fourth-order valence-corrected chi connectivity index (χ4v) is 2.55. The van der Waals surface area contributed by atoms with Crippen LogP contribution in [0.25, 0.3) is 22.4 Å². The third-order valence-electron chi connectivity index (χ3n) is 4.14. The summed E-state index contributed by atoms with van der Waals surface area (Å²) in [6.07, 6.45) is -4.42. The normalized spacial score (nSPS) is 11.9. The van der Waals surface area contributed by atoms with Gasteiger partial charge in [-0.25, -0.2) is 9.78 Å². The maximum absolute atomic E-state index is 12.8. The van der Waals surface area contributed by atoms with Gasteiger partial charge in [-0.2, -0.15) is 13.2 Å². The van der Waals surface area contributed by atoms with Crippen LogP contribution in [0.1, 0.15) is 25.0 Å². The van der Waals surface area contributed by atoms with Gasteiger partial charge in [-0.3, -0.25) is 0 Å². The summed E-state index contributed by atoms with van der Waals surface area (Å²) in [5.41, 5.74) is -0.107. The Morgan fingerprint density at radius 1 is 1.14 bits per heavy atom. The third kappa shape index (κ3) is 4.51. The summed E-state index contributed by atoms with van der Waals surface area (Å²) < 4.78 is 44.1. The monoisotopic (exact) mass is 402 g/mol. The fraction of sp³-hybridized carbons (Fsp3) is 0.263. The van der Waals surface area contributed by atoms with Gasteiger partial charge in [0.15, 0.2) is 5.60 Å². The van der Waals surface area contributed by atoms with Crippen LogP contribution in [0.3, 0.4) is 0 Å². The Morgan fingerprint density at radius 3 is 2.39 bits per heavy atom. The van der Waals surface area contributed by atoms with Crippen LogP contribution < -0.4 is 4.74 Å². The molecule has 0 bridgehead atoms. The van der Waals surface area contributed by atoms with Gasteiger partial charge in [-0.15, -0.1) is 0 Å². The minimum absolute atomic E-state index is 0. The summed E-state index contributed by atoms with van der Waals surface area (Å²) in [7, 11) is 0. The zero-order valence-electron chi connectivity index (χ0n) is 14.8. The first-order valence-electron chi connectivity index (χ1n) is 8.08. The van der Waals surface area contributed by atoms with Crippen LogP contribution in [-0.4, -0.2) is 56.2 Å². The van der Waals surface area contributed by atoms with Crippen molar-refractivity contribution in [2.75, 3.05) is 0 Å². The molecule has 3 aromatic rings. The summed E-state index contributed by atoms with van der Waals surface area (Å²) in [6, 6.07) is 8.34. The number of hydrogen-bond acceptors (Lipinski definition) is 3. The number of nitrogens with one attached hydrogen (secondary N) is 1. The number of fused-ring (bicyclic) bond motifs is 1. The van der Waals surface area contributed by atoms with Crippen LogP contribution in [0.5, 0.6) is 5.75 Å². The van der Waals surface area contributed by atoms with Crippen molar-refractivity contribution in [3.05, 3.63) is 47.5 Å². The van der Waals surface area contributed by atoms with Gasteiger partial charge in [-0.05, 0) is 62.7 Å². The molecular formula is C19H18F3N2NaO3. The van der Waals surface area contributed by atoms with Crippen LogP contribution in [0.15, 0.2) is 36.4 Å². The van der Waals surface area contributed by atoms with E-state index < -0.39 is 23.3 Å². The van der Waals surface area contributed by atoms with Gasteiger partial charge >= 0.3 is 41.7 Å². The molecule has 9 heteroatoms. The van der Waals surface area contributed by atoms with Crippen molar-refractivity contribution in [2.45, 2.75) is 32.5 Å². The number of carboxylic acids is 1. The Labute approximate surface area is 181 Å². The Kier molecular flexibility index (Phi) is 6.18. The molecule has 0 aliphatic heterocycles. The summed E-state index contributed by atoms with van der Waals surface area (Å²) in [4.78, 5) is 18.4. The number of aryl methyl sites for hydroxylation is 1. The molecule has 28 heavy (non-hydrogen) atoms. The van der Waals surface area contributed by atoms with E-state index in [1.165, 1.54) is 19.9 Å². The van der Waals surface area contributed by atoms with Crippen molar-refractivity contribution in [3.63, 3.8) is 0 Å². The van der Waals surface area contributed by atoms with Crippen LogP contribution in [0, 0.1) is 6.92 Å². The van der Waals surface area contributed by atoms with Crippen LogP contribution in [0.4, 0.5) is 13.2 Å². The molecule has 0 aliphatic rings. The number of ether oxygens (including phenoxy) is 1. The van der Waals surface area contributed by atoms with Crippen molar-refractivity contribution in [1.82, 2.24) is 9.97 Å². The Bertz CT molecular complexity index is 1030.